The Labute approximate surface area is 116 Å². The Balaban J connectivity index is 1.95. The largest absolute Gasteiger partial charge is 0.297 e. The van der Waals surface area contributed by atoms with Gasteiger partial charge in [0.25, 0.3) is 0 Å². The first-order chi connectivity index (χ1) is 8.13. The van der Waals surface area contributed by atoms with Gasteiger partial charge in [0.1, 0.15) is 0 Å². The van der Waals surface area contributed by atoms with E-state index in [1.165, 1.54) is 10.4 Å². The second-order valence-electron chi connectivity index (χ2n) is 4.01. The van der Waals surface area contributed by atoms with Crippen LogP contribution < -0.4 is 0 Å². The summed E-state index contributed by atoms with van der Waals surface area (Å²) in [6.07, 6.45) is 0. The number of hydrogen-bond donors (Lipinski definition) is 0. The lowest BCUT2D eigenvalue weighted by Gasteiger charge is -2.15. The van der Waals surface area contributed by atoms with E-state index < -0.39 is 0 Å². The molecular formula is C13H13Cl2NS. The van der Waals surface area contributed by atoms with Crippen LogP contribution >= 0.6 is 34.5 Å². The zero-order valence-electron chi connectivity index (χ0n) is 9.49. The van der Waals surface area contributed by atoms with Crippen LogP contribution in [0.25, 0.3) is 0 Å². The molecule has 2 rings (SSSR count). The molecule has 1 heterocycles. The Hall–Kier alpha value is -0.540. The topological polar surface area (TPSA) is 3.24 Å². The Kier molecular flexibility index (Phi) is 4.46. The Morgan fingerprint density at radius 2 is 1.94 bits per heavy atom. The lowest BCUT2D eigenvalue weighted by Crippen LogP contribution is -2.16. The van der Waals surface area contributed by atoms with E-state index in [2.05, 4.69) is 24.1 Å². The van der Waals surface area contributed by atoms with Crippen molar-refractivity contribution in [1.82, 2.24) is 4.90 Å². The molecule has 90 valence electrons. The molecule has 0 bridgehead atoms. The van der Waals surface area contributed by atoms with Crippen molar-refractivity contribution >= 4 is 34.5 Å². The van der Waals surface area contributed by atoms with E-state index in [0.717, 1.165) is 22.4 Å². The first kappa shape index (κ1) is 12.9. The summed E-state index contributed by atoms with van der Waals surface area (Å²) in [5.41, 5.74) is 1.22. The molecule has 0 spiro atoms. The van der Waals surface area contributed by atoms with E-state index in [1.807, 2.05) is 24.3 Å². The van der Waals surface area contributed by atoms with E-state index >= 15 is 0 Å². The number of benzene rings is 1. The van der Waals surface area contributed by atoms with Gasteiger partial charge in [-0.25, -0.2) is 0 Å². The Bertz CT molecular complexity index is 496. The summed E-state index contributed by atoms with van der Waals surface area (Å²) >= 11 is 13.5. The van der Waals surface area contributed by atoms with Gasteiger partial charge in [-0.15, -0.1) is 11.3 Å². The molecule has 0 saturated heterocycles. The highest BCUT2D eigenvalue weighted by Gasteiger charge is 2.04. The average molecular weight is 286 g/mol. The van der Waals surface area contributed by atoms with Crippen molar-refractivity contribution < 1.29 is 0 Å². The van der Waals surface area contributed by atoms with Crippen LogP contribution in [0, 0.1) is 0 Å². The van der Waals surface area contributed by atoms with Gasteiger partial charge < -0.3 is 0 Å². The molecule has 0 radical (unpaired) electrons. The van der Waals surface area contributed by atoms with Crippen molar-refractivity contribution in [3.63, 3.8) is 0 Å². The minimum atomic E-state index is 0.787. The quantitative estimate of drug-likeness (QED) is 0.788. The van der Waals surface area contributed by atoms with Crippen LogP contribution in [0.2, 0.25) is 9.36 Å². The fourth-order valence-electron chi connectivity index (χ4n) is 1.71. The summed E-state index contributed by atoms with van der Waals surface area (Å²) in [6.45, 7) is 1.79. The minimum absolute atomic E-state index is 0.787. The van der Waals surface area contributed by atoms with Crippen molar-refractivity contribution in [2.45, 2.75) is 13.1 Å². The van der Waals surface area contributed by atoms with Crippen molar-refractivity contribution in [3.8, 4) is 0 Å². The third-order valence-electron chi connectivity index (χ3n) is 2.40. The van der Waals surface area contributed by atoms with Gasteiger partial charge >= 0.3 is 0 Å². The fourth-order valence-corrected chi connectivity index (χ4v) is 3.09. The highest BCUT2D eigenvalue weighted by molar-refractivity contribution is 7.16. The summed E-state index contributed by atoms with van der Waals surface area (Å²) < 4.78 is 0.844. The number of halogens is 2. The molecule has 2 aromatic rings. The monoisotopic (exact) mass is 285 g/mol. The normalized spacial score (nSPS) is 11.1. The Morgan fingerprint density at radius 1 is 1.12 bits per heavy atom. The van der Waals surface area contributed by atoms with Gasteiger partial charge in [-0.05, 0) is 36.9 Å². The molecule has 0 aliphatic carbocycles. The van der Waals surface area contributed by atoms with Crippen LogP contribution in [0.1, 0.15) is 10.4 Å². The van der Waals surface area contributed by atoms with Gasteiger partial charge in [0.2, 0.25) is 0 Å². The van der Waals surface area contributed by atoms with Crippen LogP contribution in [0.15, 0.2) is 36.4 Å². The van der Waals surface area contributed by atoms with Gasteiger partial charge in [0.15, 0.2) is 0 Å². The zero-order valence-corrected chi connectivity index (χ0v) is 11.8. The van der Waals surface area contributed by atoms with Crippen molar-refractivity contribution in [1.29, 1.82) is 0 Å². The standard InChI is InChI=1S/C13H13Cl2NS/c1-16(9-12-5-6-13(15)17-12)8-10-3-2-4-11(14)7-10/h2-7H,8-9H2,1H3. The van der Waals surface area contributed by atoms with Crippen molar-refractivity contribution in [2.75, 3.05) is 7.05 Å². The highest BCUT2D eigenvalue weighted by atomic mass is 35.5. The van der Waals surface area contributed by atoms with Crippen LogP contribution in [-0.4, -0.2) is 11.9 Å². The number of rotatable bonds is 4. The van der Waals surface area contributed by atoms with E-state index in [1.54, 1.807) is 11.3 Å². The zero-order chi connectivity index (χ0) is 12.3. The highest BCUT2D eigenvalue weighted by Crippen LogP contribution is 2.23. The van der Waals surface area contributed by atoms with Crippen LogP contribution in [-0.2, 0) is 13.1 Å². The lowest BCUT2D eigenvalue weighted by atomic mass is 10.2. The smallest absolute Gasteiger partial charge is 0.0931 e. The van der Waals surface area contributed by atoms with Crippen LogP contribution in [0.4, 0.5) is 0 Å². The molecule has 1 aromatic carbocycles. The maximum absolute atomic E-state index is 5.96. The molecular weight excluding hydrogens is 273 g/mol. The van der Waals surface area contributed by atoms with Gasteiger partial charge in [-0.2, -0.15) is 0 Å². The van der Waals surface area contributed by atoms with E-state index in [0.29, 0.717) is 0 Å². The third-order valence-corrected chi connectivity index (χ3v) is 3.85. The molecule has 0 unspecified atom stereocenters. The molecule has 4 heteroatoms. The fraction of sp³-hybridized carbons (Fsp3) is 0.231. The minimum Gasteiger partial charge on any atom is -0.297 e. The van der Waals surface area contributed by atoms with Crippen LogP contribution in [0.3, 0.4) is 0 Å². The summed E-state index contributed by atoms with van der Waals surface area (Å²) in [4.78, 5) is 3.52. The van der Waals surface area contributed by atoms with E-state index in [4.69, 9.17) is 23.2 Å². The lowest BCUT2D eigenvalue weighted by molar-refractivity contribution is 0.322. The van der Waals surface area contributed by atoms with Crippen molar-refractivity contribution in [3.05, 3.63) is 56.2 Å². The van der Waals surface area contributed by atoms with Crippen LogP contribution in [0.5, 0.6) is 0 Å². The molecule has 0 aliphatic rings. The van der Waals surface area contributed by atoms with E-state index in [-0.39, 0.29) is 0 Å². The summed E-state index contributed by atoms with van der Waals surface area (Å²) in [6, 6.07) is 12.0. The second kappa shape index (κ2) is 5.87. The summed E-state index contributed by atoms with van der Waals surface area (Å²) in [5.74, 6) is 0. The molecule has 0 amide bonds. The predicted molar refractivity (Wildman–Crippen MR) is 76.0 cm³/mol. The summed E-state index contributed by atoms with van der Waals surface area (Å²) in [7, 11) is 2.09. The third kappa shape index (κ3) is 4.00. The summed E-state index contributed by atoms with van der Waals surface area (Å²) in [5, 5.41) is 0.787. The molecule has 0 saturated carbocycles. The van der Waals surface area contributed by atoms with Crippen molar-refractivity contribution in [2.24, 2.45) is 0 Å². The maximum atomic E-state index is 5.96. The van der Waals surface area contributed by atoms with Gasteiger partial charge in [-0.3, -0.25) is 4.90 Å². The first-order valence-corrected chi connectivity index (χ1v) is 6.88. The molecule has 0 fully saturated rings. The predicted octanol–water partition coefficient (Wildman–Crippen LogP) is 4.69. The van der Waals surface area contributed by atoms with Gasteiger partial charge in [0, 0.05) is 23.0 Å². The van der Waals surface area contributed by atoms with E-state index in [9.17, 15) is 0 Å². The Morgan fingerprint density at radius 3 is 2.59 bits per heavy atom. The molecule has 1 nitrogen and oxygen atoms in total. The molecule has 0 aliphatic heterocycles. The first-order valence-electron chi connectivity index (χ1n) is 5.31. The number of thiophene rings is 1. The average Bonchev–Trinajstić information content (AvgIpc) is 2.63. The van der Waals surface area contributed by atoms with Gasteiger partial charge in [-0.1, -0.05) is 35.3 Å². The molecule has 17 heavy (non-hydrogen) atoms. The SMILES string of the molecule is CN(Cc1cccc(Cl)c1)Cc1ccc(Cl)s1. The number of hydrogen-bond acceptors (Lipinski definition) is 2. The maximum Gasteiger partial charge on any atom is 0.0931 e. The molecule has 0 N–H and O–H groups in total. The molecule has 1 aromatic heterocycles. The van der Waals surface area contributed by atoms with Gasteiger partial charge in [0.05, 0.1) is 4.34 Å². The number of nitrogens with zero attached hydrogens (tertiary/aromatic N) is 1. The molecule has 0 atom stereocenters. The second-order valence-corrected chi connectivity index (χ2v) is 6.24.